The Morgan fingerprint density at radius 2 is 1.96 bits per heavy atom. The lowest BCUT2D eigenvalue weighted by atomic mass is 10.2. The number of hydrogen-bond acceptors (Lipinski definition) is 4. The van der Waals surface area contributed by atoms with Crippen molar-refractivity contribution in [2.24, 2.45) is 4.99 Å². The summed E-state index contributed by atoms with van der Waals surface area (Å²) >= 11 is 7.14. The number of carbonyl (C=O) groups excluding carboxylic acids is 1. The lowest BCUT2D eigenvalue weighted by Gasteiger charge is -1.98. The Kier molecular flexibility index (Phi) is 4.41. The molecule has 0 unspecified atom stereocenters. The van der Waals surface area contributed by atoms with Crippen LogP contribution in [0.4, 0.5) is 5.69 Å². The summed E-state index contributed by atoms with van der Waals surface area (Å²) in [6.45, 7) is 2.01. The zero-order valence-corrected chi connectivity index (χ0v) is 13.8. The number of halogens is 1. The lowest BCUT2D eigenvalue weighted by Crippen LogP contribution is -2.19. The monoisotopic (exact) mass is 344 g/mol. The fourth-order valence-electron chi connectivity index (χ4n) is 1.98. The molecule has 4 nitrogen and oxygen atoms in total. The Balaban J connectivity index is 1.83. The van der Waals surface area contributed by atoms with Gasteiger partial charge in [0.1, 0.15) is 5.75 Å². The van der Waals surface area contributed by atoms with Gasteiger partial charge in [-0.2, -0.15) is 0 Å². The van der Waals surface area contributed by atoms with E-state index in [4.69, 9.17) is 11.6 Å². The third kappa shape index (κ3) is 3.75. The van der Waals surface area contributed by atoms with Gasteiger partial charge in [0.05, 0.1) is 15.6 Å². The number of aryl methyl sites for hydroxylation is 1. The fraction of sp³-hybridized carbons (Fsp3) is 0.0588. The summed E-state index contributed by atoms with van der Waals surface area (Å²) < 4.78 is 0. The molecule has 1 heterocycles. The molecule has 1 fully saturated rings. The van der Waals surface area contributed by atoms with Crippen LogP contribution in [0.25, 0.3) is 6.08 Å². The van der Waals surface area contributed by atoms with E-state index in [-0.39, 0.29) is 16.7 Å². The maximum atomic E-state index is 12.0. The van der Waals surface area contributed by atoms with Gasteiger partial charge in [-0.3, -0.25) is 4.79 Å². The van der Waals surface area contributed by atoms with Crippen LogP contribution < -0.4 is 5.32 Å². The first-order valence-corrected chi connectivity index (χ1v) is 8.05. The maximum absolute atomic E-state index is 12.0. The summed E-state index contributed by atoms with van der Waals surface area (Å²) in [4.78, 5) is 17.0. The van der Waals surface area contributed by atoms with Gasteiger partial charge in [-0.25, -0.2) is 4.99 Å². The van der Waals surface area contributed by atoms with Gasteiger partial charge in [-0.15, -0.1) is 0 Å². The number of phenolic OH excluding ortho intramolecular Hbond substituents is 1. The first kappa shape index (κ1) is 15.6. The molecule has 0 aromatic heterocycles. The molecule has 1 saturated heterocycles. The fourth-order valence-corrected chi connectivity index (χ4v) is 3.01. The standard InChI is InChI=1S/C17H13ClN2O2S/c1-10-2-5-12(6-3-10)19-17-20-16(22)15(23-17)9-11-4-7-14(21)13(18)8-11/h2-9,21H,1H3,(H,19,20,22)/b15-9+. The van der Waals surface area contributed by atoms with Crippen LogP contribution in [0.15, 0.2) is 52.4 Å². The second-order valence-electron chi connectivity index (χ2n) is 5.03. The molecule has 116 valence electrons. The van der Waals surface area contributed by atoms with E-state index in [1.807, 2.05) is 31.2 Å². The Labute approximate surface area is 142 Å². The molecule has 0 aliphatic carbocycles. The Bertz CT molecular complexity index is 829. The highest BCUT2D eigenvalue weighted by atomic mass is 35.5. The Hall–Kier alpha value is -2.24. The highest BCUT2D eigenvalue weighted by Gasteiger charge is 2.23. The van der Waals surface area contributed by atoms with E-state index in [0.29, 0.717) is 10.1 Å². The van der Waals surface area contributed by atoms with Gasteiger partial charge >= 0.3 is 0 Å². The number of thioether (sulfide) groups is 1. The number of nitrogens with zero attached hydrogens (tertiary/aromatic N) is 1. The third-order valence-electron chi connectivity index (χ3n) is 3.19. The van der Waals surface area contributed by atoms with Crippen molar-refractivity contribution in [2.75, 3.05) is 0 Å². The molecule has 2 aromatic rings. The lowest BCUT2D eigenvalue weighted by molar-refractivity contribution is -0.115. The SMILES string of the molecule is Cc1ccc(N=C2NC(=O)/C(=C\c3ccc(O)c(Cl)c3)S2)cc1. The molecule has 0 atom stereocenters. The highest BCUT2D eigenvalue weighted by Crippen LogP contribution is 2.30. The van der Waals surface area contributed by atoms with Crippen molar-refractivity contribution in [3.8, 4) is 5.75 Å². The van der Waals surface area contributed by atoms with Gasteiger partial charge in [-0.1, -0.05) is 35.4 Å². The summed E-state index contributed by atoms with van der Waals surface area (Å²) in [7, 11) is 0. The summed E-state index contributed by atoms with van der Waals surface area (Å²) in [5, 5.41) is 12.9. The van der Waals surface area contributed by atoms with Crippen molar-refractivity contribution < 1.29 is 9.90 Å². The number of nitrogens with one attached hydrogen (secondary N) is 1. The molecular weight excluding hydrogens is 332 g/mol. The first-order valence-electron chi connectivity index (χ1n) is 6.86. The average molecular weight is 345 g/mol. The van der Waals surface area contributed by atoms with Crippen LogP contribution in [-0.2, 0) is 4.79 Å². The number of amides is 1. The number of carbonyl (C=O) groups is 1. The molecule has 3 rings (SSSR count). The number of rotatable bonds is 2. The predicted octanol–water partition coefficient (Wildman–Crippen LogP) is 4.25. The normalized spacial score (nSPS) is 17.7. The number of amidine groups is 1. The third-order valence-corrected chi connectivity index (χ3v) is 4.40. The Morgan fingerprint density at radius 1 is 1.22 bits per heavy atom. The van der Waals surface area contributed by atoms with Crippen molar-refractivity contribution in [2.45, 2.75) is 6.92 Å². The second-order valence-corrected chi connectivity index (χ2v) is 6.47. The maximum Gasteiger partial charge on any atom is 0.264 e. The number of benzene rings is 2. The van der Waals surface area contributed by atoms with Crippen LogP contribution in [0, 0.1) is 6.92 Å². The molecular formula is C17H13ClN2O2S. The Morgan fingerprint density at radius 3 is 2.65 bits per heavy atom. The van der Waals surface area contributed by atoms with Crippen LogP contribution >= 0.6 is 23.4 Å². The first-order chi connectivity index (χ1) is 11.0. The van der Waals surface area contributed by atoms with Crippen LogP contribution in [0.3, 0.4) is 0 Å². The molecule has 1 amide bonds. The van der Waals surface area contributed by atoms with Gasteiger partial charge < -0.3 is 10.4 Å². The average Bonchev–Trinajstić information content (AvgIpc) is 2.85. The van der Waals surface area contributed by atoms with E-state index in [2.05, 4.69) is 10.3 Å². The molecule has 0 spiro atoms. The van der Waals surface area contributed by atoms with Crippen molar-refractivity contribution in [3.63, 3.8) is 0 Å². The molecule has 2 N–H and O–H groups in total. The summed E-state index contributed by atoms with van der Waals surface area (Å²) in [5.41, 5.74) is 2.68. The zero-order valence-electron chi connectivity index (χ0n) is 12.2. The minimum atomic E-state index is -0.204. The minimum absolute atomic E-state index is 0.0129. The van der Waals surface area contributed by atoms with Crippen molar-refractivity contribution >= 4 is 46.2 Å². The van der Waals surface area contributed by atoms with E-state index in [1.165, 1.54) is 17.8 Å². The van der Waals surface area contributed by atoms with Gasteiger partial charge in [0, 0.05) is 0 Å². The van der Waals surface area contributed by atoms with Crippen LogP contribution in [0.5, 0.6) is 5.75 Å². The molecule has 0 radical (unpaired) electrons. The second kappa shape index (κ2) is 6.48. The molecule has 23 heavy (non-hydrogen) atoms. The van der Waals surface area contributed by atoms with Crippen LogP contribution in [-0.4, -0.2) is 16.2 Å². The summed E-state index contributed by atoms with van der Waals surface area (Å²) in [5.74, 6) is -0.191. The molecule has 2 aromatic carbocycles. The molecule has 0 saturated carbocycles. The van der Waals surface area contributed by atoms with Crippen molar-refractivity contribution in [1.82, 2.24) is 5.32 Å². The van der Waals surface area contributed by atoms with E-state index in [0.717, 1.165) is 16.8 Å². The number of aliphatic imine (C=N–C) groups is 1. The van der Waals surface area contributed by atoms with Crippen molar-refractivity contribution in [1.29, 1.82) is 0 Å². The van der Waals surface area contributed by atoms with Crippen LogP contribution in [0.2, 0.25) is 5.02 Å². The molecule has 1 aliphatic heterocycles. The number of hydrogen-bond donors (Lipinski definition) is 2. The molecule has 0 bridgehead atoms. The largest absolute Gasteiger partial charge is 0.506 e. The molecule has 1 aliphatic rings. The van der Waals surface area contributed by atoms with E-state index >= 15 is 0 Å². The number of aromatic hydroxyl groups is 1. The minimum Gasteiger partial charge on any atom is -0.506 e. The van der Waals surface area contributed by atoms with Crippen molar-refractivity contribution in [3.05, 3.63) is 63.5 Å². The highest BCUT2D eigenvalue weighted by molar-refractivity contribution is 8.18. The quantitative estimate of drug-likeness (QED) is 0.801. The predicted molar refractivity (Wildman–Crippen MR) is 95.1 cm³/mol. The zero-order chi connectivity index (χ0) is 16.4. The number of phenols is 1. The van der Waals surface area contributed by atoms with E-state index in [9.17, 15) is 9.90 Å². The van der Waals surface area contributed by atoms with Gasteiger partial charge in [-0.05, 0) is 54.6 Å². The van der Waals surface area contributed by atoms with E-state index < -0.39 is 0 Å². The van der Waals surface area contributed by atoms with Gasteiger partial charge in [0.25, 0.3) is 5.91 Å². The van der Waals surface area contributed by atoms with E-state index in [1.54, 1.807) is 18.2 Å². The van der Waals surface area contributed by atoms with Crippen LogP contribution in [0.1, 0.15) is 11.1 Å². The summed E-state index contributed by atoms with van der Waals surface area (Å²) in [6.07, 6.45) is 1.71. The van der Waals surface area contributed by atoms with Gasteiger partial charge in [0.15, 0.2) is 5.17 Å². The van der Waals surface area contributed by atoms with Gasteiger partial charge in [0.2, 0.25) is 0 Å². The summed E-state index contributed by atoms with van der Waals surface area (Å²) in [6, 6.07) is 12.5. The molecule has 6 heteroatoms. The topological polar surface area (TPSA) is 61.7 Å². The smallest absolute Gasteiger partial charge is 0.264 e.